The van der Waals surface area contributed by atoms with E-state index in [4.69, 9.17) is 9.84 Å². The number of aryl methyl sites for hydroxylation is 1. The van der Waals surface area contributed by atoms with E-state index in [1.54, 1.807) is 25.1 Å². The summed E-state index contributed by atoms with van der Waals surface area (Å²) in [7, 11) is 1.52. The lowest BCUT2D eigenvalue weighted by Crippen LogP contribution is -2.42. The SMILES string of the molecule is COc1ccc2cc(C(=O)NC(CC(F)F)C(=O)O)c(C)nc2c1. The van der Waals surface area contributed by atoms with Crippen LogP contribution in [0.5, 0.6) is 5.75 Å². The zero-order valence-electron chi connectivity index (χ0n) is 13.0. The third-order valence-corrected chi connectivity index (χ3v) is 3.48. The summed E-state index contributed by atoms with van der Waals surface area (Å²) in [4.78, 5) is 27.5. The highest BCUT2D eigenvalue weighted by atomic mass is 19.3. The van der Waals surface area contributed by atoms with Gasteiger partial charge in [0.05, 0.1) is 23.9 Å². The molecule has 24 heavy (non-hydrogen) atoms. The topological polar surface area (TPSA) is 88.5 Å². The fourth-order valence-corrected chi connectivity index (χ4v) is 2.24. The number of carboxylic acids is 1. The van der Waals surface area contributed by atoms with Gasteiger partial charge in [0.1, 0.15) is 11.8 Å². The van der Waals surface area contributed by atoms with Crippen molar-refractivity contribution < 1.29 is 28.2 Å². The van der Waals surface area contributed by atoms with Crippen molar-refractivity contribution in [2.75, 3.05) is 7.11 Å². The lowest BCUT2D eigenvalue weighted by Gasteiger charge is -2.15. The van der Waals surface area contributed by atoms with Crippen LogP contribution in [0.4, 0.5) is 8.78 Å². The van der Waals surface area contributed by atoms with E-state index in [9.17, 15) is 18.4 Å². The highest BCUT2D eigenvalue weighted by molar-refractivity contribution is 6.00. The van der Waals surface area contributed by atoms with Gasteiger partial charge in [-0.25, -0.2) is 13.6 Å². The molecule has 0 fully saturated rings. The second-order valence-electron chi connectivity index (χ2n) is 5.17. The number of hydrogen-bond donors (Lipinski definition) is 2. The fourth-order valence-electron chi connectivity index (χ4n) is 2.24. The van der Waals surface area contributed by atoms with Crippen molar-refractivity contribution in [3.05, 3.63) is 35.5 Å². The van der Waals surface area contributed by atoms with Gasteiger partial charge in [0, 0.05) is 17.9 Å². The van der Waals surface area contributed by atoms with Crippen LogP contribution in [-0.2, 0) is 4.79 Å². The van der Waals surface area contributed by atoms with Gasteiger partial charge in [-0.3, -0.25) is 9.78 Å². The average molecular weight is 338 g/mol. The number of alkyl halides is 2. The normalized spacial score (nSPS) is 12.2. The van der Waals surface area contributed by atoms with Gasteiger partial charge in [0.15, 0.2) is 0 Å². The molecule has 1 unspecified atom stereocenters. The van der Waals surface area contributed by atoms with E-state index in [0.717, 1.165) is 0 Å². The van der Waals surface area contributed by atoms with Crippen molar-refractivity contribution in [1.29, 1.82) is 0 Å². The van der Waals surface area contributed by atoms with Gasteiger partial charge >= 0.3 is 5.97 Å². The quantitative estimate of drug-likeness (QED) is 0.844. The molecule has 0 aliphatic rings. The zero-order valence-corrected chi connectivity index (χ0v) is 13.0. The highest BCUT2D eigenvalue weighted by Crippen LogP contribution is 2.22. The first-order valence-electron chi connectivity index (χ1n) is 7.09. The number of halogens is 2. The predicted octanol–water partition coefficient (Wildman–Crippen LogP) is 2.39. The number of carboxylic acid groups (broad SMARTS) is 1. The maximum Gasteiger partial charge on any atom is 0.326 e. The first-order chi connectivity index (χ1) is 11.3. The average Bonchev–Trinajstić information content (AvgIpc) is 2.52. The summed E-state index contributed by atoms with van der Waals surface area (Å²) in [5.74, 6) is -1.67. The van der Waals surface area contributed by atoms with Crippen LogP contribution in [0.15, 0.2) is 24.3 Å². The number of aromatic nitrogens is 1. The molecule has 0 aliphatic heterocycles. The molecule has 0 radical (unpaired) electrons. The third kappa shape index (κ3) is 3.95. The van der Waals surface area contributed by atoms with E-state index in [0.29, 0.717) is 22.3 Å². The Labute approximate surface area is 136 Å². The number of carbonyl (C=O) groups excluding carboxylic acids is 1. The van der Waals surface area contributed by atoms with Gasteiger partial charge < -0.3 is 15.2 Å². The van der Waals surface area contributed by atoms with E-state index in [1.807, 2.05) is 0 Å². The number of nitrogens with zero attached hydrogens (tertiary/aromatic N) is 1. The van der Waals surface area contributed by atoms with Gasteiger partial charge in [-0.05, 0) is 25.1 Å². The number of amides is 1. The third-order valence-electron chi connectivity index (χ3n) is 3.48. The van der Waals surface area contributed by atoms with Gasteiger partial charge in [-0.15, -0.1) is 0 Å². The van der Waals surface area contributed by atoms with Crippen LogP contribution >= 0.6 is 0 Å². The molecule has 1 aromatic carbocycles. The lowest BCUT2D eigenvalue weighted by atomic mass is 10.1. The number of ether oxygens (including phenoxy) is 1. The molecule has 0 spiro atoms. The Hall–Kier alpha value is -2.77. The van der Waals surface area contributed by atoms with Crippen molar-refractivity contribution in [3.8, 4) is 5.75 Å². The Morgan fingerprint density at radius 1 is 1.33 bits per heavy atom. The smallest absolute Gasteiger partial charge is 0.326 e. The molecular weight excluding hydrogens is 322 g/mol. The van der Waals surface area contributed by atoms with E-state index < -0.39 is 30.8 Å². The van der Waals surface area contributed by atoms with Crippen molar-refractivity contribution in [1.82, 2.24) is 10.3 Å². The number of nitrogens with one attached hydrogen (secondary N) is 1. The molecule has 2 rings (SSSR count). The van der Waals surface area contributed by atoms with Gasteiger partial charge in [-0.1, -0.05) is 0 Å². The second-order valence-corrected chi connectivity index (χ2v) is 5.17. The monoisotopic (exact) mass is 338 g/mol. The van der Waals surface area contributed by atoms with Gasteiger partial charge in [0.25, 0.3) is 5.91 Å². The first-order valence-corrected chi connectivity index (χ1v) is 7.09. The molecule has 6 nitrogen and oxygen atoms in total. The molecule has 0 saturated carbocycles. The molecule has 0 aliphatic carbocycles. The summed E-state index contributed by atoms with van der Waals surface area (Å²) in [6.45, 7) is 1.58. The van der Waals surface area contributed by atoms with Crippen molar-refractivity contribution in [3.63, 3.8) is 0 Å². The summed E-state index contributed by atoms with van der Waals surface area (Å²) in [6.07, 6.45) is -3.80. The minimum absolute atomic E-state index is 0.133. The van der Waals surface area contributed by atoms with E-state index in [1.165, 1.54) is 13.2 Å². The van der Waals surface area contributed by atoms with Crippen LogP contribution in [0.1, 0.15) is 22.5 Å². The summed E-state index contributed by atoms with van der Waals surface area (Å²) >= 11 is 0. The minimum atomic E-state index is -2.84. The maximum atomic E-state index is 12.4. The largest absolute Gasteiger partial charge is 0.497 e. The number of fused-ring (bicyclic) bond motifs is 1. The summed E-state index contributed by atoms with van der Waals surface area (Å²) in [5.41, 5.74) is 1.09. The first kappa shape index (κ1) is 17.6. The number of rotatable bonds is 6. The molecule has 128 valence electrons. The van der Waals surface area contributed by atoms with Gasteiger partial charge in [0.2, 0.25) is 6.43 Å². The van der Waals surface area contributed by atoms with Crippen LogP contribution in [0, 0.1) is 6.92 Å². The molecule has 2 N–H and O–H groups in total. The summed E-state index contributed by atoms with van der Waals surface area (Å²) < 4.78 is 29.9. The van der Waals surface area contributed by atoms with Crippen LogP contribution in [0.3, 0.4) is 0 Å². The van der Waals surface area contributed by atoms with Crippen LogP contribution in [0.25, 0.3) is 10.9 Å². The number of pyridine rings is 1. The van der Waals surface area contributed by atoms with Crippen LogP contribution < -0.4 is 10.1 Å². The van der Waals surface area contributed by atoms with Crippen molar-refractivity contribution in [2.45, 2.75) is 25.8 Å². The minimum Gasteiger partial charge on any atom is -0.497 e. The molecule has 1 atom stereocenters. The molecule has 8 heteroatoms. The standard InChI is InChI=1S/C16H16F2N2O4/c1-8-11(15(21)20-13(16(22)23)7-14(17)18)5-9-3-4-10(24-2)6-12(9)19-8/h3-6,13-14H,7H2,1-2H3,(H,20,21)(H,22,23). The molecular formula is C16H16F2N2O4. The Balaban J connectivity index is 2.31. The zero-order chi connectivity index (χ0) is 17.9. The second kappa shape index (κ2) is 7.20. The van der Waals surface area contributed by atoms with E-state index >= 15 is 0 Å². The number of carbonyl (C=O) groups is 2. The van der Waals surface area contributed by atoms with Gasteiger partial charge in [-0.2, -0.15) is 0 Å². The molecule has 1 aromatic heterocycles. The van der Waals surface area contributed by atoms with E-state index in [-0.39, 0.29) is 5.56 Å². The Bertz CT molecular complexity index is 780. The Kier molecular flexibility index (Phi) is 5.28. The molecule has 2 aromatic rings. The van der Waals surface area contributed by atoms with Crippen molar-refractivity contribution in [2.24, 2.45) is 0 Å². The highest BCUT2D eigenvalue weighted by Gasteiger charge is 2.25. The lowest BCUT2D eigenvalue weighted by molar-refractivity contribution is -0.140. The summed E-state index contributed by atoms with van der Waals surface area (Å²) in [5, 5.41) is 11.7. The molecule has 0 saturated heterocycles. The Morgan fingerprint density at radius 3 is 2.62 bits per heavy atom. The van der Waals surface area contributed by atoms with Crippen LogP contribution in [0.2, 0.25) is 0 Å². The molecule has 1 heterocycles. The number of hydrogen-bond acceptors (Lipinski definition) is 4. The fraction of sp³-hybridized carbons (Fsp3) is 0.312. The number of methoxy groups -OCH3 is 1. The summed E-state index contributed by atoms with van der Waals surface area (Å²) in [6, 6.07) is 4.96. The molecule has 1 amide bonds. The number of aliphatic carboxylic acids is 1. The number of benzene rings is 1. The maximum absolute atomic E-state index is 12.4. The van der Waals surface area contributed by atoms with E-state index in [2.05, 4.69) is 10.3 Å². The van der Waals surface area contributed by atoms with Crippen molar-refractivity contribution >= 4 is 22.8 Å². The Morgan fingerprint density at radius 2 is 2.04 bits per heavy atom. The molecule has 0 bridgehead atoms. The predicted molar refractivity (Wildman–Crippen MR) is 82.5 cm³/mol. The van der Waals surface area contributed by atoms with Crippen LogP contribution in [-0.4, -0.2) is 41.5 Å².